The maximum Gasteiger partial charge on any atom is 0.255 e. The molecule has 0 saturated carbocycles. The van der Waals surface area contributed by atoms with Crippen molar-refractivity contribution in [3.63, 3.8) is 0 Å². The normalized spacial score (nSPS) is 10.3. The van der Waals surface area contributed by atoms with Crippen LogP contribution in [0, 0.1) is 6.92 Å². The Hall–Kier alpha value is -1.59. The molecule has 0 bridgehead atoms. The van der Waals surface area contributed by atoms with Gasteiger partial charge in [-0.2, -0.15) is 0 Å². The first-order valence-electron chi connectivity index (χ1n) is 6.48. The molecule has 2 rings (SSSR count). The van der Waals surface area contributed by atoms with Gasteiger partial charge < -0.3 is 10.6 Å². The highest BCUT2D eigenvalue weighted by molar-refractivity contribution is 9.10. The third-order valence-electron chi connectivity index (χ3n) is 2.78. The molecule has 1 amide bonds. The van der Waals surface area contributed by atoms with Crippen LogP contribution in [0.1, 0.15) is 22.8 Å². The molecule has 6 heteroatoms. The molecule has 0 atom stereocenters. The Morgan fingerprint density at radius 2 is 2.10 bits per heavy atom. The maximum atomic E-state index is 12.3. The van der Waals surface area contributed by atoms with Crippen LogP contribution in [0.3, 0.4) is 0 Å². The minimum atomic E-state index is -0.232. The van der Waals surface area contributed by atoms with E-state index in [1.54, 1.807) is 12.1 Å². The van der Waals surface area contributed by atoms with E-state index in [0.717, 1.165) is 15.7 Å². The molecular weight excluding hydrogens is 354 g/mol. The second-order valence-corrected chi connectivity index (χ2v) is 5.77. The van der Waals surface area contributed by atoms with Gasteiger partial charge in [-0.05, 0) is 59.6 Å². The summed E-state index contributed by atoms with van der Waals surface area (Å²) in [5.41, 5.74) is 2.24. The number of pyridine rings is 1. The van der Waals surface area contributed by atoms with Crippen LogP contribution in [-0.4, -0.2) is 17.4 Å². The van der Waals surface area contributed by atoms with Crippen LogP contribution >= 0.6 is 27.5 Å². The van der Waals surface area contributed by atoms with Gasteiger partial charge in [0.25, 0.3) is 5.91 Å². The molecule has 1 aromatic heterocycles. The van der Waals surface area contributed by atoms with Crippen molar-refractivity contribution in [2.45, 2.75) is 13.8 Å². The fourth-order valence-corrected chi connectivity index (χ4v) is 2.38. The van der Waals surface area contributed by atoms with E-state index in [9.17, 15) is 4.79 Å². The van der Waals surface area contributed by atoms with Crippen LogP contribution in [0.25, 0.3) is 0 Å². The minimum Gasteiger partial charge on any atom is -0.370 e. The maximum absolute atomic E-state index is 12.3. The van der Waals surface area contributed by atoms with E-state index in [4.69, 9.17) is 11.6 Å². The number of hydrogen-bond donors (Lipinski definition) is 2. The fraction of sp³-hybridized carbons (Fsp3) is 0.200. The molecule has 110 valence electrons. The molecule has 1 aromatic carbocycles. The Labute approximate surface area is 137 Å². The minimum absolute atomic E-state index is 0.232. The number of rotatable bonds is 4. The van der Waals surface area contributed by atoms with E-state index in [-0.39, 0.29) is 11.1 Å². The van der Waals surface area contributed by atoms with Crippen molar-refractivity contribution < 1.29 is 4.79 Å². The molecule has 2 aromatic rings. The molecule has 4 nitrogen and oxygen atoms in total. The summed E-state index contributed by atoms with van der Waals surface area (Å²) in [6.07, 6.45) is 0. The lowest BCUT2D eigenvalue weighted by Gasteiger charge is -2.10. The molecule has 2 N–H and O–H groups in total. The van der Waals surface area contributed by atoms with E-state index >= 15 is 0 Å². The molecule has 0 aliphatic rings. The molecule has 0 aliphatic carbocycles. The number of carbonyl (C=O) groups is 1. The van der Waals surface area contributed by atoms with Crippen molar-refractivity contribution in [3.8, 4) is 0 Å². The first-order valence-corrected chi connectivity index (χ1v) is 7.65. The van der Waals surface area contributed by atoms with Crippen molar-refractivity contribution in [1.82, 2.24) is 4.98 Å². The lowest BCUT2D eigenvalue weighted by Crippen LogP contribution is -2.13. The molecule has 21 heavy (non-hydrogen) atoms. The summed E-state index contributed by atoms with van der Waals surface area (Å²) in [5, 5.41) is 6.19. The van der Waals surface area contributed by atoms with Gasteiger partial charge in [-0.15, -0.1) is 0 Å². The number of carbonyl (C=O) groups excluding carboxylic acids is 1. The number of aromatic nitrogens is 1. The highest BCUT2D eigenvalue weighted by Crippen LogP contribution is 2.24. The zero-order chi connectivity index (χ0) is 15.4. The number of nitrogens with zero attached hydrogens (tertiary/aromatic N) is 1. The lowest BCUT2D eigenvalue weighted by atomic mass is 10.2. The monoisotopic (exact) mass is 367 g/mol. The standard InChI is InChI=1S/C15H15BrClN3O/c1-3-18-14-8-10(7-13(17)20-14)15(21)19-12-6-9(2)4-5-11(12)16/h4-8H,3H2,1-2H3,(H,18,20)(H,19,21). The lowest BCUT2D eigenvalue weighted by molar-refractivity contribution is 0.102. The number of halogens is 2. The third kappa shape index (κ3) is 4.19. The van der Waals surface area contributed by atoms with Gasteiger partial charge in [-0.1, -0.05) is 17.7 Å². The summed E-state index contributed by atoms with van der Waals surface area (Å²) in [7, 11) is 0. The predicted molar refractivity (Wildman–Crippen MR) is 90.2 cm³/mol. The number of hydrogen-bond acceptors (Lipinski definition) is 3. The molecule has 0 spiro atoms. The Balaban J connectivity index is 2.25. The Bertz CT molecular complexity index is 676. The smallest absolute Gasteiger partial charge is 0.255 e. The third-order valence-corrected chi connectivity index (χ3v) is 3.67. The van der Waals surface area contributed by atoms with Gasteiger partial charge in [0.05, 0.1) is 5.69 Å². The van der Waals surface area contributed by atoms with Crippen LogP contribution < -0.4 is 10.6 Å². The topological polar surface area (TPSA) is 54.0 Å². The summed E-state index contributed by atoms with van der Waals surface area (Å²) < 4.78 is 0.827. The highest BCUT2D eigenvalue weighted by atomic mass is 79.9. The molecule has 1 heterocycles. The number of amides is 1. The Morgan fingerprint density at radius 3 is 2.81 bits per heavy atom. The fourth-order valence-electron chi connectivity index (χ4n) is 1.83. The number of benzene rings is 1. The van der Waals surface area contributed by atoms with Gasteiger partial charge in [0, 0.05) is 16.6 Å². The summed E-state index contributed by atoms with van der Waals surface area (Å²) >= 11 is 9.37. The van der Waals surface area contributed by atoms with Gasteiger partial charge in [-0.3, -0.25) is 4.79 Å². The van der Waals surface area contributed by atoms with Crippen molar-refractivity contribution in [1.29, 1.82) is 0 Å². The van der Waals surface area contributed by atoms with Crippen molar-refractivity contribution >= 4 is 44.9 Å². The molecule has 0 unspecified atom stereocenters. The first-order chi connectivity index (χ1) is 9.99. The molecule has 0 radical (unpaired) electrons. The summed E-state index contributed by atoms with van der Waals surface area (Å²) in [5.74, 6) is 0.350. The summed E-state index contributed by atoms with van der Waals surface area (Å²) in [4.78, 5) is 16.4. The summed E-state index contributed by atoms with van der Waals surface area (Å²) in [6, 6.07) is 8.98. The SMILES string of the molecule is CCNc1cc(C(=O)Nc2cc(C)ccc2Br)cc(Cl)n1. The predicted octanol–water partition coefficient (Wildman–Crippen LogP) is 4.49. The van der Waals surface area contributed by atoms with Gasteiger partial charge in [-0.25, -0.2) is 4.98 Å². The van der Waals surface area contributed by atoms with Crippen LogP contribution in [0.5, 0.6) is 0 Å². The Kier molecular flexibility index (Phi) is 5.20. The van der Waals surface area contributed by atoms with E-state index < -0.39 is 0 Å². The number of nitrogens with one attached hydrogen (secondary N) is 2. The van der Waals surface area contributed by atoms with Gasteiger partial charge in [0.15, 0.2) is 0 Å². The largest absolute Gasteiger partial charge is 0.370 e. The van der Waals surface area contributed by atoms with Crippen molar-refractivity contribution in [3.05, 3.63) is 51.1 Å². The zero-order valence-electron chi connectivity index (χ0n) is 11.7. The summed E-state index contributed by atoms with van der Waals surface area (Å²) in [6.45, 7) is 4.62. The average molecular weight is 369 g/mol. The van der Waals surface area contributed by atoms with Gasteiger partial charge in [0.1, 0.15) is 11.0 Å². The second-order valence-electron chi connectivity index (χ2n) is 4.53. The number of anilines is 2. The van der Waals surface area contributed by atoms with Crippen LogP contribution in [-0.2, 0) is 0 Å². The van der Waals surface area contributed by atoms with E-state index in [1.807, 2.05) is 32.0 Å². The van der Waals surface area contributed by atoms with Crippen LogP contribution in [0.4, 0.5) is 11.5 Å². The Morgan fingerprint density at radius 1 is 1.33 bits per heavy atom. The van der Waals surface area contributed by atoms with Gasteiger partial charge >= 0.3 is 0 Å². The van der Waals surface area contributed by atoms with Crippen LogP contribution in [0.2, 0.25) is 5.15 Å². The van der Waals surface area contributed by atoms with E-state index in [2.05, 4.69) is 31.5 Å². The average Bonchev–Trinajstić information content (AvgIpc) is 2.42. The zero-order valence-corrected chi connectivity index (χ0v) is 14.0. The number of aryl methyl sites for hydroxylation is 1. The first kappa shape index (κ1) is 15.8. The molecule has 0 aliphatic heterocycles. The second kappa shape index (κ2) is 6.91. The van der Waals surface area contributed by atoms with Crippen molar-refractivity contribution in [2.75, 3.05) is 17.2 Å². The highest BCUT2D eigenvalue weighted by Gasteiger charge is 2.11. The molecular formula is C15H15BrClN3O. The quantitative estimate of drug-likeness (QED) is 0.782. The van der Waals surface area contributed by atoms with Crippen molar-refractivity contribution in [2.24, 2.45) is 0 Å². The van der Waals surface area contributed by atoms with Gasteiger partial charge in [0.2, 0.25) is 0 Å². The van der Waals surface area contributed by atoms with E-state index in [1.165, 1.54) is 0 Å². The molecule has 0 fully saturated rings. The van der Waals surface area contributed by atoms with E-state index in [0.29, 0.717) is 17.9 Å². The molecule has 0 saturated heterocycles. The van der Waals surface area contributed by atoms with Crippen LogP contribution in [0.15, 0.2) is 34.8 Å².